The van der Waals surface area contributed by atoms with Gasteiger partial charge in [-0.15, -0.1) is 0 Å². The Morgan fingerprint density at radius 2 is 0.938 bits per heavy atom. The van der Waals surface area contributed by atoms with Gasteiger partial charge in [0.2, 0.25) is 11.6 Å². The SMILES string of the molecule is CCC1(CC)C(=O)C(=O)C(CC)(CC)C1=O. The Balaban J connectivity index is 3.38. The van der Waals surface area contributed by atoms with Crippen LogP contribution in [0, 0.1) is 10.8 Å². The summed E-state index contributed by atoms with van der Waals surface area (Å²) in [4.78, 5) is 36.6. The first kappa shape index (κ1) is 13.1. The monoisotopic (exact) mass is 224 g/mol. The molecule has 0 aliphatic heterocycles. The first-order chi connectivity index (χ1) is 7.46. The Morgan fingerprint density at radius 1 is 0.688 bits per heavy atom. The maximum atomic E-state index is 12.5. The topological polar surface area (TPSA) is 51.2 Å². The molecule has 0 spiro atoms. The minimum Gasteiger partial charge on any atom is -0.297 e. The maximum absolute atomic E-state index is 12.5. The lowest BCUT2D eigenvalue weighted by Gasteiger charge is -2.26. The molecule has 0 saturated heterocycles. The molecule has 0 radical (unpaired) electrons. The molecule has 0 heterocycles. The van der Waals surface area contributed by atoms with Gasteiger partial charge in [-0.25, -0.2) is 0 Å². The summed E-state index contributed by atoms with van der Waals surface area (Å²) in [5.74, 6) is -1.04. The molecule has 0 amide bonds. The van der Waals surface area contributed by atoms with Gasteiger partial charge in [0.1, 0.15) is 0 Å². The average molecular weight is 224 g/mol. The summed E-state index contributed by atoms with van der Waals surface area (Å²) >= 11 is 0. The number of hydrogen-bond acceptors (Lipinski definition) is 3. The fourth-order valence-electron chi connectivity index (χ4n) is 2.88. The molecule has 0 atom stereocenters. The minimum atomic E-state index is -1.02. The molecular formula is C13H20O3. The van der Waals surface area contributed by atoms with Gasteiger partial charge in [0.25, 0.3) is 0 Å². The van der Waals surface area contributed by atoms with Crippen molar-refractivity contribution < 1.29 is 14.4 Å². The van der Waals surface area contributed by atoms with Crippen molar-refractivity contribution >= 4 is 17.3 Å². The molecule has 0 aromatic heterocycles. The smallest absolute Gasteiger partial charge is 0.212 e. The normalized spacial score (nSPS) is 22.9. The molecule has 0 aromatic carbocycles. The van der Waals surface area contributed by atoms with Gasteiger partial charge in [0.15, 0.2) is 5.78 Å². The van der Waals surface area contributed by atoms with Crippen molar-refractivity contribution in [1.29, 1.82) is 0 Å². The third-order valence-corrected chi connectivity index (χ3v) is 4.36. The van der Waals surface area contributed by atoms with Crippen LogP contribution in [-0.2, 0) is 14.4 Å². The van der Waals surface area contributed by atoms with Crippen LogP contribution in [0.25, 0.3) is 0 Å². The number of carbonyl (C=O) groups excluding carboxylic acids is 3. The molecule has 3 heteroatoms. The molecule has 90 valence electrons. The van der Waals surface area contributed by atoms with E-state index in [1.165, 1.54) is 0 Å². The Labute approximate surface area is 96.6 Å². The van der Waals surface area contributed by atoms with Crippen LogP contribution in [0.5, 0.6) is 0 Å². The summed E-state index contributed by atoms with van der Waals surface area (Å²) in [7, 11) is 0. The molecule has 3 nitrogen and oxygen atoms in total. The summed E-state index contributed by atoms with van der Waals surface area (Å²) in [6.07, 6.45) is 1.76. The second-order valence-corrected chi connectivity index (χ2v) is 4.57. The molecule has 1 saturated carbocycles. The zero-order valence-corrected chi connectivity index (χ0v) is 10.6. The van der Waals surface area contributed by atoms with Gasteiger partial charge < -0.3 is 0 Å². The first-order valence-electron chi connectivity index (χ1n) is 6.11. The Bertz CT molecular complexity index is 301. The summed E-state index contributed by atoms with van der Waals surface area (Å²) in [5, 5.41) is 0. The predicted molar refractivity (Wildman–Crippen MR) is 61.1 cm³/mol. The fourth-order valence-corrected chi connectivity index (χ4v) is 2.88. The lowest BCUT2D eigenvalue weighted by atomic mass is 9.72. The summed E-state index contributed by atoms with van der Waals surface area (Å²) in [6, 6.07) is 0. The van der Waals surface area contributed by atoms with E-state index in [4.69, 9.17) is 0 Å². The van der Waals surface area contributed by atoms with E-state index < -0.39 is 22.4 Å². The first-order valence-corrected chi connectivity index (χ1v) is 6.11. The van der Waals surface area contributed by atoms with E-state index in [1.54, 1.807) is 0 Å². The Hall–Kier alpha value is -0.990. The van der Waals surface area contributed by atoms with Crippen LogP contribution in [0.15, 0.2) is 0 Å². The van der Waals surface area contributed by atoms with E-state index in [0.29, 0.717) is 25.7 Å². The van der Waals surface area contributed by atoms with Crippen LogP contribution < -0.4 is 0 Å². The minimum absolute atomic E-state index is 0.134. The number of hydrogen-bond donors (Lipinski definition) is 0. The van der Waals surface area contributed by atoms with Gasteiger partial charge in [-0.3, -0.25) is 14.4 Å². The van der Waals surface area contributed by atoms with Crippen molar-refractivity contribution in [3.8, 4) is 0 Å². The highest BCUT2D eigenvalue weighted by molar-refractivity contribution is 6.54. The molecule has 1 rings (SSSR count). The van der Waals surface area contributed by atoms with Crippen molar-refractivity contribution in [3.05, 3.63) is 0 Å². The molecule has 16 heavy (non-hydrogen) atoms. The highest BCUT2D eigenvalue weighted by Crippen LogP contribution is 2.48. The van der Waals surface area contributed by atoms with Gasteiger partial charge in [-0.1, -0.05) is 27.7 Å². The van der Waals surface area contributed by atoms with Crippen molar-refractivity contribution in [2.24, 2.45) is 10.8 Å². The summed E-state index contributed by atoms with van der Waals surface area (Å²) in [5.41, 5.74) is -2.05. The molecule has 0 N–H and O–H groups in total. The third-order valence-electron chi connectivity index (χ3n) is 4.36. The van der Waals surface area contributed by atoms with Crippen molar-refractivity contribution in [2.45, 2.75) is 53.4 Å². The number of carbonyl (C=O) groups is 3. The van der Waals surface area contributed by atoms with Crippen LogP contribution in [0.4, 0.5) is 0 Å². The van der Waals surface area contributed by atoms with Gasteiger partial charge in [-0.2, -0.15) is 0 Å². The van der Waals surface area contributed by atoms with E-state index in [0.717, 1.165) is 0 Å². The second-order valence-electron chi connectivity index (χ2n) is 4.57. The van der Waals surface area contributed by atoms with Crippen LogP contribution in [-0.4, -0.2) is 17.3 Å². The summed E-state index contributed by atoms with van der Waals surface area (Å²) in [6.45, 7) is 7.25. The molecule has 0 unspecified atom stereocenters. The fraction of sp³-hybridized carbons (Fsp3) is 0.769. The maximum Gasteiger partial charge on any atom is 0.212 e. The molecular weight excluding hydrogens is 204 g/mol. The molecule has 0 aromatic rings. The van der Waals surface area contributed by atoms with Crippen molar-refractivity contribution in [2.75, 3.05) is 0 Å². The largest absolute Gasteiger partial charge is 0.297 e. The predicted octanol–water partition coefficient (Wildman–Crippen LogP) is 2.32. The zero-order chi connectivity index (χ0) is 12.6. The van der Waals surface area contributed by atoms with Gasteiger partial charge in [-0.05, 0) is 25.7 Å². The van der Waals surface area contributed by atoms with E-state index in [9.17, 15) is 14.4 Å². The van der Waals surface area contributed by atoms with Gasteiger partial charge in [0, 0.05) is 0 Å². The highest BCUT2D eigenvalue weighted by atomic mass is 16.2. The lowest BCUT2D eigenvalue weighted by molar-refractivity contribution is -0.141. The van der Waals surface area contributed by atoms with Gasteiger partial charge in [0.05, 0.1) is 10.8 Å². The number of ketones is 3. The highest BCUT2D eigenvalue weighted by Gasteiger charge is 2.64. The molecule has 1 aliphatic rings. The van der Waals surface area contributed by atoms with Crippen molar-refractivity contribution in [1.82, 2.24) is 0 Å². The molecule has 1 fully saturated rings. The standard InChI is InChI=1S/C13H20O3/c1-5-12(6-2)9(14)10(15)13(7-3,8-4)11(12)16/h5-8H2,1-4H3. The van der Waals surface area contributed by atoms with E-state index in [1.807, 2.05) is 27.7 Å². The van der Waals surface area contributed by atoms with E-state index >= 15 is 0 Å². The van der Waals surface area contributed by atoms with E-state index in [-0.39, 0.29) is 5.78 Å². The lowest BCUT2D eigenvalue weighted by Crippen LogP contribution is -2.37. The number of rotatable bonds is 4. The Kier molecular flexibility index (Phi) is 3.36. The van der Waals surface area contributed by atoms with Crippen LogP contribution in [0.3, 0.4) is 0 Å². The van der Waals surface area contributed by atoms with Crippen molar-refractivity contribution in [3.63, 3.8) is 0 Å². The van der Waals surface area contributed by atoms with Crippen LogP contribution >= 0.6 is 0 Å². The average Bonchev–Trinajstić information content (AvgIpc) is 2.47. The third kappa shape index (κ3) is 1.23. The van der Waals surface area contributed by atoms with Crippen LogP contribution in [0.1, 0.15) is 53.4 Å². The second kappa shape index (κ2) is 4.11. The number of Topliss-reactive ketones (excluding diaryl/α,β-unsaturated/α-hetero) is 3. The zero-order valence-electron chi connectivity index (χ0n) is 10.6. The van der Waals surface area contributed by atoms with E-state index in [2.05, 4.69) is 0 Å². The Morgan fingerprint density at radius 3 is 1.06 bits per heavy atom. The quantitative estimate of drug-likeness (QED) is 0.544. The molecule has 0 bridgehead atoms. The van der Waals surface area contributed by atoms with Crippen LogP contribution in [0.2, 0.25) is 0 Å². The summed E-state index contributed by atoms with van der Waals surface area (Å²) < 4.78 is 0. The van der Waals surface area contributed by atoms with Gasteiger partial charge >= 0.3 is 0 Å². The molecule has 1 aliphatic carbocycles.